The largest absolute Gasteiger partial charge is 0.508 e. The average Bonchev–Trinajstić information content (AvgIpc) is 2.83. The maximum Gasteiger partial charge on any atom is 0.115 e. The lowest BCUT2D eigenvalue weighted by Crippen LogP contribution is -1.98. The van der Waals surface area contributed by atoms with Gasteiger partial charge in [0, 0.05) is 11.4 Å². The molecule has 0 atom stereocenters. The van der Waals surface area contributed by atoms with Crippen LogP contribution in [0.3, 0.4) is 0 Å². The van der Waals surface area contributed by atoms with Gasteiger partial charge in [-0.2, -0.15) is 0 Å². The average molecular weight is 249 g/mol. The van der Waals surface area contributed by atoms with Crippen molar-refractivity contribution in [2.24, 2.45) is 0 Å². The van der Waals surface area contributed by atoms with Crippen molar-refractivity contribution in [3.8, 4) is 22.7 Å². The number of aromatic hydroxyl groups is 1. The second-order valence-corrected chi connectivity index (χ2v) is 4.58. The summed E-state index contributed by atoms with van der Waals surface area (Å²) in [6.45, 7) is 2.08. The number of aromatic nitrogens is 1. The number of hydrogen-bond acceptors (Lipinski definition) is 1. The summed E-state index contributed by atoms with van der Waals surface area (Å²) in [6.07, 6.45) is 0. The van der Waals surface area contributed by atoms with E-state index in [-0.39, 0.29) is 5.75 Å². The quantitative estimate of drug-likeness (QED) is 0.725. The third kappa shape index (κ3) is 2.13. The van der Waals surface area contributed by atoms with Crippen molar-refractivity contribution >= 4 is 0 Å². The Labute approximate surface area is 112 Å². The lowest BCUT2D eigenvalue weighted by molar-refractivity contribution is 0.475. The lowest BCUT2D eigenvalue weighted by atomic mass is 10.1. The first-order chi connectivity index (χ1) is 9.25. The number of benzene rings is 2. The summed E-state index contributed by atoms with van der Waals surface area (Å²) >= 11 is 0. The van der Waals surface area contributed by atoms with Gasteiger partial charge in [0.15, 0.2) is 0 Å². The highest BCUT2D eigenvalue weighted by molar-refractivity contribution is 5.64. The topological polar surface area (TPSA) is 25.2 Å². The molecule has 0 unspecified atom stereocenters. The van der Waals surface area contributed by atoms with Gasteiger partial charge in [-0.1, -0.05) is 30.3 Å². The minimum atomic E-state index is 0.287. The molecule has 0 aliphatic carbocycles. The van der Waals surface area contributed by atoms with Crippen LogP contribution in [0.1, 0.15) is 5.69 Å². The molecule has 0 saturated heterocycles. The molecule has 0 bridgehead atoms. The summed E-state index contributed by atoms with van der Waals surface area (Å²) in [6, 6.07) is 21.8. The summed E-state index contributed by atoms with van der Waals surface area (Å²) in [7, 11) is 0. The Balaban J connectivity index is 2.17. The van der Waals surface area contributed by atoms with E-state index < -0.39 is 0 Å². The Morgan fingerprint density at radius 3 is 2.16 bits per heavy atom. The van der Waals surface area contributed by atoms with Crippen molar-refractivity contribution in [2.75, 3.05) is 0 Å². The van der Waals surface area contributed by atoms with E-state index in [1.54, 1.807) is 12.1 Å². The fourth-order valence-electron chi connectivity index (χ4n) is 2.32. The molecule has 3 rings (SSSR count). The van der Waals surface area contributed by atoms with Crippen LogP contribution in [0.4, 0.5) is 0 Å². The predicted octanol–water partition coefficient (Wildman–Crippen LogP) is 4.16. The Kier molecular flexibility index (Phi) is 2.84. The van der Waals surface area contributed by atoms with E-state index >= 15 is 0 Å². The summed E-state index contributed by atoms with van der Waals surface area (Å²) in [5.41, 5.74) is 4.57. The van der Waals surface area contributed by atoms with E-state index in [1.165, 1.54) is 11.3 Å². The Morgan fingerprint density at radius 2 is 1.47 bits per heavy atom. The molecule has 3 aromatic rings. The van der Waals surface area contributed by atoms with Gasteiger partial charge < -0.3 is 9.67 Å². The number of phenolic OH excluding ortho intramolecular Hbond substituents is 1. The minimum absolute atomic E-state index is 0.287. The van der Waals surface area contributed by atoms with Crippen LogP contribution in [-0.2, 0) is 0 Å². The van der Waals surface area contributed by atoms with E-state index in [1.807, 2.05) is 30.3 Å². The third-order valence-corrected chi connectivity index (χ3v) is 3.25. The summed E-state index contributed by atoms with van der Waals surface area (Å²) in [5.74, 6) is 0.287. The zero-order valence-electron chi connectivity index (χ0n) is 10.7. The van der Waals surface area contributed by atoms with Crippen LogP contribution in [0.5, 0.6) is 5.75 Å². The maximum atomic E-state index is 9.40. The fourth-order valence-corrected chi connectivity index (χ4v) is 2.32. The van der Waals surface area contributed by atoms with Gasteiger partial charge in [0.25, 0.3) is 0 Å². The first-order valence-corrected chi connectivity index (χ1v) is 6.29. The van der Waals surface area contributed by atoms with Crippen LogP contribution >= 0.6 is 0 Å². The van der Waals surface area contributed by atoms with E-state index in [9.17, 15) is 5.11 Å². The molecule has 0 saturated carbocycles. The molecule has 1 heterocycles. The molecule has 0 aliphatic rings. The smallest absolute Gasteiger partial charge is 0.115 e. The highest BCUT2D eigenvalue weighted by Gasteiger charge is 2.08. The van der Waals surface area contributed by atoms with Gasteiger partial charge in [-0.25, -0.2) is 0 Å². The van der Waals surface area contributed by atoms with Gasteiger partial charge in [-0.3, -0.25) is 0 Å². The summed E-state index contributed by atoms with van der Waals surface area (Å²) in [5, 5.41) is 9.40. The number of phenols is 1. The van der Waals surface area contributed by atoms with Gasteiger partial charge in [-0.15, -0.1) is 0 Å². The third-order valence-electron chi connectivity index (χ3n) is 3.25. The van der Waals surface area contributed by atoms with Gasteiger partial charge in [0.05, 0.1) is 5.69 Å². The Morgan fingerprint density at radius 1 is 0.789 bits per heavy atom. The first kappa shape index (κ1) is 11.6. The molecular formula is C17H15NO. The Bertz CT molecular complexity index is 681. The number of aryl methyl sites for hydroxylation is 1. The SMILES string of the molecule is Cc1ccc(-c2ccccc2)n1-c1ccc(O)cc1. The molecule has 2 aromatic carbocycles. The predicted molar refractivity (Wildman–Crippen MR) is 77.6 cm³/mol. The minimum Gasteiger partial charge on any atom is -0.508 e. The molecule has 0 spiro atoms. The molecule has 1 aromatic heterocycles. The molecular weight excluding hydrogens is 234 g/mol. The zero-order chi connectivity index (χ0) is 13.2. The molecule has 0 fully saturated rings. The lowest BCUT2D eigenvalue weighted by Gasteiger charge is -2.12. The van der Waals surface area contributed by atoms with Gasteiger partial charge in [-0.05, 0) is 48.9 Å². The van der Waals surface area contributed by atoms with Gasteiger partial charge >= 0.3 is 0 Å². The van der Waals surface area contributed by atoms with E-state index in [0.29, 0.717) is 0 Å². The van der Waals surface area contributed by atoms with E-state index in [4.69, 9.17) is 0 Å². The number of nitrogens with zero attached hydrogens (tertiary/aromatic N) is 1. The van der Waals surface area contributed by atoms with Crippen molar-refractivity contribution in [2.45, 2.75) is 6.92 Å². The van der Waals surface area contributed by atoms with Crippen molar-refractivity contribution < 1.29 is 5.11 Å². The molecule has 19 heavy (non-hydrogen) atoms. The van der Waals surface area contributed by atoms with Crippen LogP contribution in [0.2, 0.25) is 0 Å². The maximum absolute atomic E-state index is 9.40. The monoisotopic (exact) mass is 249 g/mol. The van der Waals surface area contributed by atoms with Crippen LogP contribution in [0, 0.1) is 6.92 Å². The van der Waals surface area contributed by atoms with Crippen LogP contribution in [0.15, 0.2) is 66.7 Å². The van der Waals surface area contributed by atoms with Gasteiger partial charge in [0.1, 0.15) is 5.75 Å². The van der Waals surface area contributed by atoms with Crippen LogP contribution < -0.4 is 0 Å². The molecule has 0 amide bonds. The standard InChI is InChI=1S/C17H15NO/c1-13-7-12-17(14-5-3-2-4-6-14)18(13)15-8-10-16(19)11-9-15/h2-12,19H,1H3. The van der Waals surface area contributed by atoms with Crippen molar-refractivity contribution in [3.05, 3.63) is 72.4 Å². The van der Waals surface area contributed by atoms with Crippen molar-refractivity contribution in [1.29, 1.82) is 0 Å². The molecule has 94 valence electrons. The molecule has 0 aliphatic heterocycles. The number of rotatable bonds is 2. The van der Waals surface area contributed by atoms with Gasteiger partial charge in [0.2, 0.25) is 0 Å². The highest BCUT2D eigenvalue weighted by atomic mass is 16.3. The van der Waals surface area contributed by atoms with Crippen molar-refractivity contribution in [1.82, 2.24) is 4.57 Å². The Hall–Kier alpha value is -2.48. The molecule has 1 N–H and O–H groups in total. The molecule has 2 nitrogen and oxygen atoms in total. The fraction of sp³-hybridized carbons (Fsp3) is 0.0588. The first-order valence-electron chi connectivity index (χ1n) is 6.29. The van der Waals surface area contributed by atoms with E-state index in [2.05, 4.69) is 35.8 Å². The second-order valence-electron chi connectivity index (χ2n) is 4.58. The van der Waals surface area contributed by atoms with Crippen LogP contribution in [-0.4, -0.2) is 9.67 Å². The molecule has 2 heteroatoms. The highest BCUT2D eigenvalue weighted by Crippen LogP contribution is 2.26. The van der Waals surface area contributed by atoms with Crippen LogP contribution in [0.25, 0.3) is 16.9 Å². The summed E-state index contributed by atoms with van der Waals surface area (Å²) < 4.78 is 2.19. The number of hydrogen-bond donors (Lipinski definition) is 1. The second kappa shape index (κ2) is 4.65. The zero-order valence-corrected chi connectivity index (χ0v) is 10.7. The molecule has 0 radical (unpaired) electrons. The van der Waals surface area contributed by atoms with Crippen molar-refractivity contribution in [3.63, 3.8) is 0 Å². The summed E-state index contributed by atoms with van der Waals surface area (Å²) in [4.78, 5) is 0. The van der Waals surface area contributed by atoms with E-state index in [0.717, 1.165) is 11.4 Å². The normalized spacial score (nSPS) is 10.6.